The Labute approximate surface area is 193 Å². The van der Waals surface area contributed by atoms with Gasteiger partial charge in [0.05, 0.1) is 12.8 Å². The topological polar surface area (TPSA) is 83.2 Å². The summed E-state index contributed by atoms with van der Waals surface area (Å²) in [7, 11) is -3.65. The average Bonchev–Trinajstić information content (AvgIpc) is 3.45. The van der Waals surface area contributed by atoms with Gasteiger partial charge in [0.2, 0.25) is 5.91 Å². The Balaban J connectivity index is 1.29. The molecule has 2 aliphatic rings. The molecular weight excluding hydrogens is 438 g/mol. The first-order valence-electron chi connectivity index (χ1n) is 11.1. The van der Waals surface area contributed by atoms with Crippen LogP contribution in [0.5, 0.6) is 0 Å². The van der Waals surface area contributed by atoms with Crippen molar-refractivity contribution in [1.29, 1.82) is 0 Å². The Kier molecular flexibility index (Phi) is 5.76. The number of carbonyl (C=O) groups is 1. The van der Waals surface area contributed by atoms with Crippen LogP contribution in [0, 0.1) is 5.92 Å². The van der Waals surface area contributed by atoms with Crippen LogP contribution in [0.15, 0.2) is 86.7 Å². The summed E-state index contributed by atoms with van der Waals surface area (Å²) in [6.07, 6.45) is 2.90. The van der Waals surface area contributed by atoms with Gasteiger partial charge in [-0.2, -0.15) is 8.42 Å². The van der Waals surface area contributed by atoms with Crippen molar-refractivity contribution in [3.05, 3.63) is 89.9 Å². The van der Waals surface area contributed by atoms with E-state index in [9.17, 15) is 13.2 Å². The van der Waals surface area contributed by atoms with Crippen molar-refractivity contribution in [2.75, 3.05) is 13.1 Å². The first kappa shape index (κ1) is 21.5. The molecule has 2 aromatic carbocycles. The lowest BCUT2D eigenvalue weighted by molar-refractivity contribution is -0.138. The number of piperidine rings is 1. The van der Waals surface area contributed by atoms with Gasteiger partial charge < -0.3 is 14.2 Å². The summed E-state index contributed by atoms with van der Waals surface area (Å²) in [4.78, 5) is 17.6. The fourth-order valence-corrected chi connectivity index (χ4v) is 5.75. The predicted molar refractivity (Wildman–Crippen MR) is 124 cm³/mol. The summed E-state index contributed by atoms with van der Waals surface area (Å²) in [5.74, 6) is 1.21. The van der Waals surface area contributed by atoms with Gasteiger partial charge in [0, 0.05) is 31.1 Å². The normalized spacial score (nSPS) is 17.5. The molecule has 3 aromatic rings. The SMILES string of the molecule is O=C(C1CCN(C2=NS(=O)(=O)c3ccccc32)CC1)N(Cc1ccccc1)Cc1ccco1. The first-order valence-corrected chi connectivity index (χ1v) is 12.5. The molecule has 1 amide bonds. The minimum absolute atomic E-state index is 0.0938. The largest absolute Gasteiger partial charge is 0.467 e. The van der Waals surface area contributed by atoms with E-state index in [4.69, 9.17) is 4.42 Å². The van der Waals surface area contributed by atoms with Crippen molar-refractivity contribution >= 4 is 21.8 Å². The Morgan fingerprint density at radius 2 is 1.70 bits per heavy atom. The maximum Gasteiger partial charge on any atom is 0.285 e. The van der Waals surface area contributed by atoms with Crippen molar-refractivity contribution in [2.45, 2.75) is 30.8 Å². The monoisotopic (exact) mass is 463 g/mol. The van der Waals surface area contributed by atoms with E-state index in [2.05, 4.69) is 4.40 Å². The Morgan fingerprint density at radius 1 is 0.970 bits per heavy atom. The van der Waals surface area contributed by atoms with Crippen LogP contribution in [0.3, 0.4) is 0 Å². The Bertz CT molecular complexity index is 1260. The quantitative estimate of drug-likeness (QED) is 0.577. The molecule has 0 spiro atoms. The summed E-state index contributed by atoms with van der Waals surface area (Å²) < 4.78 is 34.3. The molecule has 2 aliphatic heterocycles. The maximum atomic E-state index is 13.5. The molecule has 5 rings (SSSR count). The van der Waals surface area contributed by atoms with Crippen LogP contribution >= 0.6 is 0 Å². The Morgan fingerprint density at radius 3 is 2.42 bits per heavy atom. The molecule has 0 N–H and O–H groups in total. The minimum Gasteiger partial charge on any atom is -0.467 e. The zero-order chi connectivity index (χ0) is 22.8. The van der Waals surface area contributed by atoms with Crippen molar-refractivity contribution in [2.24, 2.45) is 10.3 Å². The van der Waals surface area contributed by atoms with Crippen molar-refractivity contribution in [3.8, 4) is 0 Å². The lowest BCUT2D eigenvalue weighted by Gasteiger charge is -2.35. The number of hydrogen-bond donors (Lipinski definition) is 0. The van der Waals surface area contributed by atoms with E-state index in [1.54, 1.807) is 24.5 Å². The third kappa shape index (κ3) is 4.43. The number of carbonyl (C=O) groups excluding carboxylic acids is 1. The van der Waals surface area contributed by atoms with Crippen molar-refractivity contribution in [1.82, 2.24) is 9.80 Å². The molecule has 7 nitrogen and oxygen atoms in total. The molecule has 0 unspecified atom stereocenters. The molecule has 0 atom stereocenters. The molecule has 1 saturated heterocycles. The lowest BCUT2D eigenvalue weighted by atomic mass is 9.94. The van der Waals surface area contributed by atoms with E-state index >= 15 is 0 Å². The molecule has 1 fully saturated rings. The van der Waals surface area contributed by atoms with Gasteiger partial charge in [-0.3, -0.25) is 4.79 Å². The second-order valence-corrected chi connectivity index (χ2v) is 9.98. The number of nitrogens with zero attached hydrogens (tertiary/aromatic N) is 3. The number of benzene rings is 2. The van der Waals surface area contributed by atoms with Gasteiger partial charge in [0.1, 0.15) is 10.7 Å². The van der Waals surface area contributed by atoms with Crippen LogP contribution in [0.1, 0.15) is 29.7 Å². The molecule has 0 bridgehead atoms. The summed E-state index contributed by atoms with van der Waals surface area (Å²) in [6, 6.07) is 20.5. The fraction of sp³-hybridized carbons (Fsp3) is 0.280. The standard InChI is InChI=1S/C25H25N3O4S/c29-25(28(18-21-9-6-16-32-21)17-19-7-2-1-3-8-19)20-12-14-27(15-13-20)24-22-10-4-5-11-23(22)33(30,31)26-24/h1-11,16,20H,12-15,17-18H2. The van der Waals surface area contributed by atoms with E-state index < -0.39 is 10.0 Å². The molecule has 0 saturated carbocycles. The highest BCUT2D eigenvalue weighted by Gasteiger charge is 2.35. The third-order valence-electron chi connectivity index (χ3n) is 6.21. The smallest absolute Gasteiger partial charge is 0.285 e. The minimum atomic E-state index is -3.65. The average molecular weight is 464 g/mol. The summed E-state index contributed by atoms with van der Waals surface area (Å²) in [5, 5.41) is 0. The number of hydrogen-bond acceptors (Lipinski definition) is 5. The molecule has 8 heteroatoms. The van der Waals surface area contributed by atoms with Crippen LogP contribution in [0.2, 0.25) is 0 Å². The highest BCUT2D eigenvalue weighted by Crippen LogP contribution is 2.30. The number of amides is 1. The van der Waals surface area contributed by atoms with Gasteiger partial charge in [-0.1, -0.05) is 42.5 Å². The molecule has 3 heterocycles. The van der Waals surface area contributed by atoms with Crippen LogP contribution in [-0.2, 0) is 27.9 Å². The highest BCUT2D eigenvalue weighted by molar-refractivity contribution is 7.90. The number of amidine groups is 1. The summed E-state index contributed by atoms with van der Waals surface area (Å²) in [5.41, 5.74) is 1.71. The van der Waals surface area contributed by atoms with Crippen LogP contribution in [-0.4, -0.2) is 43.0 Å². The molecular formula is C25H25N3O4S. The zero-order valence-electron chi connectivity index (χ0n) is 18.1. The van der Waals surface area contributed by atoms with Gasteiger partial charge in [-0.15, -0.1) is 4.40 Å². The number of fused-ring (bicyclic) bond motifs is 1. The summed E-state index contributed by atoms with van der Waals surface area (Å²) >= 11 is 0. The van der Waals surface area contributed by atoms with Crippen LogP contribution in [0.25, 0.3) is 0 Å². The number of sulfonamides is 1. The number of likely N-dealkylation sites (tertiary alicyclic amines) is 1. The zero-order valence-corrected chi connectivity index (χ0v) is 18.9. The van der Waals surface area contributed by atoms with Gasteiger partial charge in [-0.05, 0) is 42.7 Å². The van der Waals surface area contributed by atoms with Crippen LogP contribution in [0.4, 0.5) is 0 Å². The fourth-order valence-electron chi connectivity index (χ4n) is 4.52. The predicted octanol–water partition coefficient (Wildman–Crippen LogP) is 3.67. The Hall–Kier alpha value is -3.39. The van der Waals surface area contributed by atoms with Gasteiger partial charge >= 0.3 is 0 Å². The number of furan rings is 1. The third-order valence-corrected chi connectivity index (χ3v) is 7.54. The lowest BCUT2D eigenvalue weighted by Crippen LogP contribution is -2.44. The van der Waals surface area contributed by atoms with Gasteiger partial charge in [0.25, 0.3) is 10.0 Å². The molecule has 0 aliphatic carbocycles. The first-order chi connectivity index (χ1) is 16.0. The maximum absolute atomic E-state index is 13.5. The second kappa shape index (κ2) is 8.86. The second-order valence-electron chi connectivity index (χ2n) is 8.41. The molecule has 1 aromatic heterocycles. The van der Waals surface area contributed by atoms with Crippen LogP contribution < -0.4 is 0 Å². The van der Waals surface area contributed by atoms with E-state index in [-0.39, 0.29) is 16.7 Å². The highest BCUT2D eigenvalue weighted by atomic mass is 32.2. The molecule has 33 heavy (non-hydrogen) atoms. The van der Waals surface area contributed by atoms with Gasteiger partial charge in [0.15, 0.2) is 5.84 Å². The van der Waals surface area contributed by atoms with Crippen molar-refractivity contribution < 1.29 is 17.6 Å². The van der Waals surface area contributed by atoms with E-state index in [1.807, 2.05) is 58.3 Å². The van der Waals surface area contributed by atoms with E-state index in [1.165, 1.54) is 0 Å². The van der Waals surface area contributed by atoms with E-state index in [0.717, 1.165) is 11.3 Å². The molecule has 170 valence electrons. The van der Waals surface area contributed by atoms with Crippen molar-refractivity contribution in [3.63, 3.8) is 0 Å². The molecule has 0 radical (unpaired) electrons. The summed E-state index contributed by atoms with van der Waals surface area (Å²) in [6.45, 7) is 2.09. The van der Waals surface area contributed by atoms with Gasteiger partial charge in [-0.25, -0.2) is 0 Å². The number of rotatable bonds is 5. The van der Waals surface area contributed by atoms with E-state index in [0.29, 0.717) is 50.4 Å².